The third kappa shape index (κ3) is 5.32. The number of sulfonamides is 1. The summed E-state index contributed by atoms with van der Waals surface area (Å²) in [6.07, 6.45) is 0. The van der Waals surface area contributed by atoms with Crippen molar-refractivity contribution in [2.75, 3.05) is 10.2 Å². The fourth-order valence-corrected chi connectivity index (χ4v) is 3.76. The van der Waals surface area contributed by atoms with Crippen molar-refractivity contribution in [2.45, 2.75) is 25.3 Å². The van der Waals surface area contributed by atoms with Crippen LogP contribution in [0.15, 0.2) is 77.7 Å². The Bertz CT molecular complexity index is 1030. The summed E-state index contributed by atoms with van der Waals surface area (Å²) in [5.41, 5.74) is 7.12. The van der Waals surface area contributed by atoms with Crippen LogP contribution in [0, 0.1) is 13.8 Å². The third-order valence-corrected chi connectivity index (χ3v) is 5.30. The molecule has 0 amide bonds. The van der Waals surface area contributed by atoms with Gasteiger partial charge < -0.3 is 0 Å². The monoisotopic (exact) mass is 382 g/mol. The van der Waals surface area contributed by atoms with Crippen molar-refractivity contribution >= 4 is 21.4 Å². The maximum absolute atomic E-state index is 12.6. The van der Waals surface area contributed by atoms with Gasteiger partial charge in [0.25, 0.3) is 10.0 Å². The summed E-state index contributed by atoms with van der Waals surface area (Å²) in [7, 11) is -3.66. The molecule has 0 bridgehead atoms. The van der Waals surface area contributed by atoms with Crippen LogP contribution in [0.1, 0.15) is 16.7 Å². The summed E-state index contributed by atoms with van der Waals surface area (Å²) >= 11 is 0. The lowest BCUT2D eigenvalue weighted by Gasteiger charge is -2.11. The molecule has 0 fully saturated rings. The van der Waals surface area contributed by atoms with Crippen molar-refractivity contribution < 1.29 is 13.3 Å². The van der Waals surface area contributed by atoms with Crippen molar-refractivity contribution in [3.8, 4) is 0 Å². The first-order valence-corrected chi connectivity index (χ1v) is 10.0. The topological polar surface area (TPSA) is 67.4 Å². The molecule has 0 saturated carbocycles. The summed E-state index contributed by atoms with van der Waals surface area (Å²) in [6, 6.07) is 21.7. The van der Waals surface area contributed by atoms with Crippen LogP contribution in [0.2, 0.25) is 0 Å². The molecule has 0 saturated heterocycles. The van der Waals surface area contributed by atoms with Crippen molar-refractivity contribution in [1.82, 2.24) is 0 Å². The van der Waals surface area contributed by atoms with E-state index in [0.717, 1.165) is 22.4 Å². The van der Waals surface area contributed by atoms with Crippen LogP contribution in [-0.4, -0.2) is 8.42 Å². The Kier molecular flexibility index (Phi) is 5.78. The Balaban J connectivity index is 1.67. The fraction of sp³-hybridized carbons (Fsp3) is 0.143. The Hall–Kier alpha value is -2.83. The number of benzene rings is 3. The number of nitrogens with one attached hydrogen (secondary N) is 2. The van der Waals surface area contributed by atoms with E-state index in [9.17, 15) is 8.42 Å². The molecule has 2 N–H and O–H groups in total. The van der Waals surface area contributed by atoms with E-state index in [4.69, 9.17) is 4.84 Å². The van der Waals surface area contributed by atoms with E-state index in [1.54, 1.807) is 30.3 Å². The van der Waals surface area contributed by atoms with E-state index in [1.165, 1.54) is 0 Å². The summed E-state index contributed by atoms with van der Waals surface area (Å²) in [5.74, 6) is 0. The molecule has 5 nitrogen and oxygen atoms in total. The van der Waals surface area contributed by atoms with E-state index in [1.807, 2.05) is 56.3 Å². The van der Waals surface area contributed by atoms with E-state index >= 15 is 0 Å². The molecule has 0 radical (unpaired) electrons. The molecule has 0 aliphatic rings. The largest absolute Gasteiger partial charge is 0.280 e. The standard InChI is InChI=1S/C21H22N2O3S/c1-16-6-3-9-19(12-16)22-26-15-18-8-5-11-21(14-18)27(24,25)23-20-10-4-7-17(2)13-20/h3-14,22-23H,15H2,1-2H3. The van der Waals surface area contributed by atoms with Crippen molar-refractivity contribution in [3.63, 3.8) is 0 Å². The molecule has 0 unspecified atom stereocenters. The number of anilines is 2. The predicted molar refractivity (Wildman–Crippen MR) is 108 cm³/mol. The van der Waals surface area contributed by atoms with Gasteiger partial charge in [-0.15, -0.1) is 0 Å². The Morgan fingerprint density at radius 3 is 2.15 bits per heavy atom. The van der Waals surface area contributed by atoms with E-state index in [0.29, 0.717) is 5.69 Å². The van der Waals surface area contributed by atoms with Gasteiger partial charge in [0.15, 0.2) is 0 Å². The van der Waals surface area contributed by atoms with Crippen LogP contribution < -0.4 is 10.2 Å². The van der Waals surface area contributed by atoms with Crippen LogP contribution in [0.3, 0.4) is 0 Å². The third-order valence-electron chi connectivity index (χ3n) is 3.93. The molecule has 0 aromatic heterocycles. The number of hydrogen-bond acceptors (Lipinski definition) is 4. The lowest BCUT2D eigenvalue weighted by molar-refractivity contribution is 0.180. The van der Waals surface area contributed by atoms with Crippen molar-refractivity contribution in [1.29, 1.82) is 0 Å². The van der Waals surface area contributed by atoms with Crippen molar-refractivity contribution in [2.24, 2.45) is 0 Å². The average molecular weight is 382 g/mol. The van der Waals surface area contributed by atoms with Gasteiger partial charge in [-0.05, 0) is 66.9 Å². The predicted octanol–water partition coefficient (Wildman–Crippen LogP) is 4.65. The van der Waals surface area contributed by atoms with Gasteiger partial charge in [-0.1, -0.05) is 36.4 Å². The Labute approximate surface area is 160 Å². The fourth-order valence-electron chi connectivity index (χ4n) is 2.64. The lowest BCUT2D eigenvalue weighted by atomic mass is 10.2. The first-order valence-electron chi connectivity index (χ1n) is 8.55. The minimum atomic E-state index is -3.66. The molecule has 140 valence electrons. The molecule has 0 aliphatic heterocycles. The number of hydrogen-bond donors (Lipinski definition) is 2. The smallest absolute Gasteiger partial charge is 0.261 e. The van der Waals surface area contributed by atoms with Crippen LogP contribution in [-0.2, 0) is 21.5 Å². The average Bonchev–Trinajstić information content (AvgIpc) is 2.62. The highest BCUT2D eigenvalue weighted by Crippen LogP contribution is 2.19. The maximum Gasteiger partial charge on any atom is 0.261 e. The van der Waals surface area contributed by atoms with Gasteiger partial charge >= 0.3 is 0 Å². The summed E-state index contributed by atoms with van der Waals surface area (Å²) < 4.78 is 27.9. The van der Waals surface area contributed by atoms with Crippen molar-refractivity contribution in [3.05, 3.63) is 89.5 Å². The molecule has 0 atom stereocenters. The molecule has 3 aromatic rings. The second-order valence-corrected chi connectivity index (χ2v) is 8.07. The summed E-state index contributed by atoms with van der Waals surface area (Å²) in [5, 5.41) is 0. The quantitative estimate of drug-likeness (QED) is 0.584. The van der Waals surface area contributed by atoms with Gasteiger partial charge in [0, 0.05) is 5.69 Å². The molecule has 6 heteroatoms. The Morgan fingerprint density at radius 1 is 0.815 bits per heavy atom. The normalized spacial score (nSPS) is 11.2. The second-order valence-electron chi connectivity index (χ2n) is 6.38. The Morgan fingerprint density at radius 2 is 1.44 bits per heavy atom. The van der Waals surface area contributed by atoms with Gasteiger partial charge in [0.05, 0.1) is 17.2 Å². The van der Waals surface area contributed by atoms with Crippen LogP contribution in [0.4, 0.5) is 11.4 Å². The zero-order valence-corrected chi connectivity index (χ0v) is 16.1. The first-order chi connectivity index (χ1) is 12.9. The lowest BCUT2D eigenvalue weighted by Crippen LogP contribution is -2.13. The molecule has 0 aliphatic carbocycles. The summed E-state index contributed by atoms with van der Waals surface area (Å²) in [6.45, 7) is 4.15. The minimum absolute atomic E-state index is 0.195. The van der Waals surface area contributed by atoms with Gasteiger partial charge in [-0.25, -0.2) is 8.42 Å². The van der Waals surface area contributed by atoms with Gasteiger partial charge in [0.2, 0.25) is 0 Å². The minimum Gasteiger partial charge on any atom is -0.280 e. The summed E-state index contributed by atoms with van der Waals surface area (Å²) in [4.78, 5) is 5.69. The zero-order chi connectivity index (χ0) is 19.3. The zero-order valence-electron chi connectivity index (χ0n) is 15.3. The van der Waals surface area contributed by atoms with E-state index < -0.39 is 10.0 Å². The SMILES string of the molecule is Cc1cccc(NOCc2cccc(S(=O)(=O)Nc3cccc(C)c3)c2)c1. The molecular weight excluding hydrogens is 360 g/mol. The van der Waals surface area contributed by atoms with E-state index in [2.05, 4.69) is 10.2 Å². The highest BCUT2D eigenvalue weighted by atomic mass is 32.2. The molecule has 0 heterocycles. The molecule has 3 rings (SSSR count). The second kappa shape index (κ2) is 8.24. The van der Waals surface area contributed by atoms with E-state index in [-0.39, 0.29) is 11.5 Å². The van der Waals surface area contributed by atoms with Gasteiger partial charge in [-0.2, -0.15) is 0 Å². The maximum atomic E-state index is 12.6. The molecule has 0 spiro atoms. The molecular formula is C21H22N2O3S. The van der Waals surface area contributed by atoms with Crippen LogP contribution >= 0.6 is 0 Å². The van der Waals surface area contributed by atoms with Crippen LogP contribution in [0.5, 0.6) is 0 Å². The van der Waals surface area contributed by atoms with Gasteiger partial charge in [0.1, 0.15) is 0 Å². The number of rotatable bonds is 7. The van der Waals surface area contributed by atoms with Gasteiger partial charge in [-0.3, -0.25) is 15.0 Å². The molecule has 27 heavy (non-hydrogen) atoms. The highest BCUT2D eigenvalue weighted by Gasteiger charge is 2.14. The van der Waals surface area contributed by atoms with Crippen LogP contribution in [0.25, 0.3) is 0 Å². The first kappa shape index (κ1) is 18.9. The molecule has 3 aromatic carbocycles. The highest BCUT2D eigenvalue weighted by molar-refractivity contribution is 7.92. The number of aryl methyl sites for hydroxylation is 2.